The van der Waals surface area contributed by atoms with Crippen LogP contribution in [0.1, 0.15) is 44.9 Å². The monoisotopic (exact) mass is 396 g/mol. The van der Waals surface area contributed by atoms with Crippen molar-refractivity contribution >= 4 is 36.4 Å². The van der Waals surface area contributed by atoms with Gasteiger partial charge in [-0.2, -0.15) is 0 Å². The quantitative estimate of drug-likeness (QED) is 0.383. The number of hydrogen-bond acceptors (Lipinski definition) is 0. The van der Waals surface area contributed by atoms with Gasteiger partial charge in [-0.15, -0.1) is 0 Å². The van der Waals surface area contributed by atoms with Crippen molar-refractivity contribution in [1.29, 1.82) is 0 Å². The summed E-state index contributed by atoms with van der Waals surface area (Å²) in [6.07, 6.45) is 8.59. The van der Waals surface area contributed by atoms with Gasteiger partial charge in [0.15, 0.2) is 0 Å². The van der Waals surface area contributed by atoms with E-state index < -0.39 is 6.89 Å². The standard InChI is InChI=1S/C27H30BP/c28-27(21-13-2-1-3-14-22-27)23-29(24-15-7-4-8-16-24,25-17-9-5-10-18-25)26-19-11-6-12-20-26/h4-12,15-20,23H,1-3,13-14,21-22H2. The van der Waals surface area contributed by atoms with Gasteiger partial charge in [-0.25, -0.2) is 0 Å². The van der Waals surface area contributed by atoms with Gasteiger partial charge < -0.3 is 0 Å². The first-order valence-electron chi connectivity index (χ1n) is 10.9. The molecule has 3 aromatic rings. The molecule has 3 aromatic carbocycles. The summed E-state index contributed by atoms with van der Waals surface area (Å²) in [5.74, 6) is 2.60. The molecule has 0 atom stereocenters. The smallest absolute Gasteiger partial charge is 0.0768 e. The third kappa shape index (κ3) is 4.46. The highest BCUT2D eigenvalue weighted by molar-refractivity contribution is 7.94. The van der Waals surface area contributed by atoms with E-state index in [1.165, 1.54) is 48.0 Å². The molecular formula is C27H30BP. The van der Waals surface area contributed by atoms with Gasteiger partial charge in [0.25, 0.3) is 0 Å². The first-order valence-corrected chi connectivity index (χ1v) is 12.8. The zero-order valence-electron chi connectivity index (χ0n) is 17.2. The maximum Gasteiger partial charge on any atom is 0.0803 e. The number of benzene rings is 3. The predicted molar refractivity (Wildman–Crippen MR) is 132 cm³/mol. The van der Waals surface area contributed by atoms with Gasteiger partial charge in [0.2, 0.25) is 0 Å². The molecule has 0 N–H and O–H groups in total. The van der Waals surface area contributed by atoms with Gasteiger partial charge in [0, 0.05) is 0 Å². The lowest BCUT2D eigenvalue weighted by Crippen LogP contribution is -2.30. The van der Waals surface area contributed by atoms with E-state index in [0.29, 0.717) is 0 Å². The van der Waals surface area contributed by atoms with Crippen molar-refractivity contribution in [3.05, 3.63) is 91.0 Å². The molecule has 0 spiro atoms. The zero-order valence-corrected chi connectivity index (χ0v) is 18.1. The van der Waals surface area contributed by atoms with Crippen LogP contribution in [0.15, 0.2) is 91.0 Å². The second kappa shape index (κ2) is 9.23. The maximum atomic E-state index is 7.20. The van der Waals surface area contributed by atoms with Crippen LogP contribution in [0, 0.1) is 0 Å². The summed E-state index contributed by atoms with van der Waals surface area (Å²) in [7, 11) is 7.20. The summed E-state index contributed by atoms with van der Waals surface area (Å²) in [5.41, 5.74) is 0. The van der Waals surface area contributed by atoms with Crippen molar-refractivity contribution in [2.24, 2.45) is 0 Å². The van der Waals surface area contributed by atoms with Crippen LogP contribution in [-0.2, 0) is 0 Å². The van der Waals surface area contributed by atoms with E-state index >= 15 is 0 Å². The molecule has 2 heteroatoms. The molecule has 0 saturated heterocycles. The summed E-state index contributed by atoms with van der Waals surface area (Å²) in [6, 6.07) is 33.2. The Kier molecular flexibility index (Phi) is 6.46. The van der Waals surface area contributed by atoms with Gasteiger partial charge in [0.05, 0.1) is 7.85 Å². The molecule has 146 valence electrons. The molecule has 0 bridgehead atoms. The van der Waals surface area contributed by atoms with E-state index in [4.69, 9.17) is 7.85 Å². The van der Waals surface area contributed by atoms with E-state index in [1.807, 2.05) is 0 Å². The molecule has 0 aliphatic heterocycles. The van der Waals surface area contributed by atoms with Crippen molar-refractivity contribution < 1.29 is 0 Å². The third-order valence-electron chi connectivity index (χ3n) is 6.23. The summed E-state index contributed by atoms with van der Waals surface area (Å²) in [6.45, 7) is -1.97. The topological polar surface area (TPSA) is 0 Å². The van der Waals surface area contributed by atoms with E-state index in [1.54, 1.807) is 0 Å². The van der Waals surface area contributed by atoms with E-state index in [-0.39, 0.29) is 5.31 Å². The Balaban J connectivity index is 2.02. The molecule has 0 amide bonds. The van der Waals surface area contributed by atoms with Crippen LogP contribution in [0.25, 0.3) is 0 Å². The Morgan fingerprint density at radius 3 is 1.28 bits per heavy atom. The van der Waals surface area contributed by atoms with Crippen molar-refractivity contribution in [3.8, 4) is 0 Å². The second-order valence-corrected chi connectivity index (χ2v) is 11.6. The molecule has 1 aliphatic rings. The highest BCUT2D eigenvalue weighted by Gasteiger charge is 2.31. The van der Waals surface area contributed by atoms with Crippen LogP contribution < -0.4 is 15.9 Å². The highest BCUT2D eigenvalue weighted by Crippen LogP contribution is 2.50. The van der Waals surface area contributed by atoms with Gasteiger partial charge in [-0.1, -0.05) is 142 Å². The van der Waals surface area contributed by atoms with Crippen molar-refractivity contribution in [2.45, 2.75) is 50.3 Å². The average Bonchev–Trinajstić information content (AvgIpc) is 2.77. The number of hydrogen-bond donors (Lipinski definition) is 0. The molecule has 2 radical (unpaired) electrons. The Hall–Kier alpha value is -1.98. The van der Waals surface area contributed by atoms with Crippen LogP contribution in [0.4, 0.5) is 0 Å². The fourth-order valence-corrected chi connectivity index (χ4v) is 9.04. The lowest BCUT2D eigenvalue weighted by molar-refractivity contribution is 0.471. The first-order chi connectivity index (χ1) is 14.2. The van der Waals surface area contributed by atoms with Crippen molar-refractivity contribution in [2.75, 3.05) is 0 Å². The van der Waals surface area contributed by atoms with Gasteiger partial charge >= 0.3 is 0 Å². The molecule has 1 saturated carbocycles. The summed E-state index contributed by atoms with van der Waals surface area (Å²) >= 11 is 0. The van der Waals surface area contributed by atoms with Crippen LogP contribution >= 0.6 is 6.89 Å². The number of rotatable bonds is 4. The molecule has 0 unspecified atom stereocenters. The van der Waals surface area contributed by atoms with E-state index in [0.717, 1.165) is 12.8 Å². The molecule has 0 heterocycles. The lowest BCUT2D eigenvalue weighted by atomic mass is 9.63. The second-order valence-electron chi connectivity index (χ2n) is 8.36. The van der Waals surface area contributed by atoms with Gasteiger partial charge in [-0.3, -0.25) is 0 Å². The van der Waals surface area contributed by atoms with Crippen molar-refractivity contribution in [3.63, 3.8) is 0 Å². The van der Waals surface area contributed by atoms with E-state index in [2.05, 4.69) is 96.8 Å². The molecule has 1 fully saturated rings. The first kappa shape index (κ1) is 20.3. The average molecular weight is 396 g/mol. The molecule has 0 aromatic heterocycles. The van der Waals surface area contributed by atoms with E-state index in [9.17, 15) is 0 Å². The Morgan fingerprint density at radius 2 is 0.897 bits per heavy atom. The molecule has 0 nitrogen and oxygen atoms in total. The summed E-state index contributed by atoms with van der Waals surface area (Å²) in [5, 5.41) is 3.95. The van der Waals surface area contributed by atoms with Crippen LogP contribution in [0.3, 0.4) is 0 Å². The SMILES string of the molecule is [B]C1(C=P(c2ccccc2)(c2ccccc2)c2ccccc2)CCCCCCC1. The Morgan fingerprint density at radius 1 is 0.552 bits per heavy atom. The molecule has 1 aliphatic carbocycles. The van der Waals surface area contributed by atoms with Crippen LogP contribution in [-0.4, -0.2) is 13.6 Å². The Labute approximate surface area is 177 Å². The van der Waals surface area contributed by atoms with Gasteiger partial charge in [0.1, 0.15) is 0 Å². The predicted octanol–water partition coefficient (Wildman–Crippen LogP) is 5.85. The normalized spacial score (nSPS) is 17.1. The largest absolute Gasteiger partial charge is 0.0803 e. The lowest BCUT2D eigenvalue weighted by Gasteiger charge is -2.37. The molecular weight excluding hydrogens is 366 g/mol. The van der Waals surface area contributed by atoms with Crippen molar-refractivity contribution in [1.82, 2.24) is 0 Å². The fourth-order valence-electron chi connectivity index (χ4n) is 4.74. The summed E-state index contributed by atoms with van der Waals surface area (Å²) in [4.78, 5) is 0. The molecule has 29 heavy (non-hydrogen) atoms. The molecule has 4 rings (SSSR count). The zero-order chi connectivity index (χ0) is 20.0. The minimum Gasteiger partial charge on any atom is -0.0768 e. The van der Waals surface area contributed by atoms with Crippen LogP contribution in [0.5, 0.6) is 0 Å². The fraction of sp³-hybridized carbons (Fsp3) is 0.296. The maximum absolute atomic E-state index is 7.20. The third-order valence-corrected chi connectivity index (χ3v) is 10.5. The Bertz CT molecular complexity index is 836. The minimum atomic E-state index is -1.97. The summed E-state index contributed by atoms with van der Waals surface area (Å²) < 4.78 is 0. The minimum absolute atomic E-state index is 0.226. The highest BCUT2D eigenvalue weighted by atomic mass is 31.2. The van der Waals surface area contributed by atoms with Gasteiger partial charge in [-0.05, 0) is 28.1 Å². The van der Waals surface area contributed by atoms with Crippen LogP contribution in [0.2, 0.25) is 5.31 Å².